The van der Waals surface area contributed by atoms with Gasteiger partial charge in [-0.25, -0.2) is 4.99 Å². The van der Waals surface area contributed by atoms with Crippen LogP contribution in [0.5, 0.6) is 0 Å². The minimum Gasteiger partial charge on any atom is -0.383 e. The molecule has 1 aliphatic rings. The Balaban J connectivity index is 2.47. The summed E-state index contributed by atoms with van der Waals surface area (Å²) in [5.41, 5.74) is -0.232. The zero-order valence-electron chi connectivity index (χ0n) is 15.9. The van der Waals surface area contributed by atoms with E-state index in [0.29, 0.717) is 12.0 Å². The second kappa shape index (κ2) is 10.5. The van der Waals surface area contributed by atoms with Gasteiger partial charge in [-0.05, 0) is 47.1 Å². The Hall–Kier alpha value is -1.34. The summed E-state index contributed by atoms with van der Waals surface area (Å²) in [6.07, 6.45) is 2.40. The molecular weight excluding hydrogens is 306 g/mol. The van der Waals surface area contributed by atoms with Crippen LogP contribution in [0.3, 0.4) is 0 Å². The lowest BCUT2D eigenvalue weighted by Gasteiger charge is -2.25. The molecule has 24 heavy (non-hydrogen) atoms. The van der Waals surface area contributed by atoms with Gasteiger partial charge >= 0.3 is 0 Å². The Bertz CT molecular complexity index is 406. The van der Waals surface area contributed by atoms with E-state index in [-0.39, 0.29) is 18.0 Å². The van der Waals surface area contributed by atoms with E-state index in [0.717, 1.165) is 32.8 Å². The van der Waals surface area contributed by atoms with Gasteiger partial charge in [-0.1, -0.05) is 0 Å². The van der Waals surface area contributed by atoms with E-state index in [2.05, 4.69) is 25.8 Å². The molecule has 3 N–H and O–H groups in total. The van der Waals surface area contributed by atoms with Crippen LogP contribution in [0.2, 0.25) is 0 Å². The van der Waals surface area contributed by atoms with Crippen LogP contribution in [-0.4, -0.2) is 74.8 Å². The summed E-state index contributed by atoms with van der Waals surface area (Å²) in [6.45, 7) is 12.5. The molecule has 7 heteroatoms. The average Bonchev–Trinajstić information content (AvgIpc) is 2.93. The smallest absolute Gasteiger partial charge is 0.242 e. The second-order valence-corrected chi connectivity index (χ2v) is 7.20. The van der Waals surface area contributed by atoms with Gasteiger partial charge < -0.3 is 20.7 Å². The number of hydrogen-bond donors (Lipinski definition) is 3. The number of ether oxygens (including phenoxy) is 1. The fraction of sp³-hybridized carbons (Fsp3) is 0.882. The van der Waals surface area contributed by atoms with E-state index in [1.807, 2.05) is 27.7 Å². The molecule has 140 valence electrons. The van der Waals surface area contributed by atoms with Gasteiger partial charge in [0.1, 0.15) is 6.54 Å². The van der Waals surface area contributed by atoms with Crippen molar-refractivity contribution in [2.24, 2.45) is 4.99 Å². The molecular formula is C17H35N5O2. The third kappa shape index (κ3) is 8.49. The predicted molar refractivity (Wildman–Crippen MR) is 98.3 cm³/mol. The molecule has 1 amide bonds. The van der Waals surface area contributed by atoms with Crippen molar-refractivity contribution < 1.29 is 9.53 Å². The fourth-order valence-electron chi connectivity index (χ4n) is 2.79. The number of rotatable bonds is 8. The third-order valence-electron chi connectivity index (χ3n) is 3.83. The summed E-state index contributed by atoms with van der Waals surface area (Å²) in [6, 6.07) is 0.493. The van der Waals surface area contributed by atoms with Crippen LogP contribution in [0.4, 0.5) is 0 Å². The number of nitrogens with one attached hydrogen (secondary N) is 3. The molecule has 0 saturated carbocycles. The molecule has 7 nitrogen and oxygen atoms in total. The van der Waals surface area contributed by atoms with Crippen molar-refractivity contribution in [3.05, 3.63) is 0 Å². The second-order valence-electron chi connectivity index (χ2n) is 7.20. The van der Waals surface area contributed by atoms with Crippen LogP contribution < -0.4 is 16.0 Å². The number of methoxy groups -OCH3 is 1. The van der Waals surface area contributed by atoms with E-state index >= 15 is 0 Å². The zero-order chi connectivity index (χ0) is 18.0. The van der Waals surface area contributed by atoms with E-state index in [1.165, 1.54) is 12.8 Å². The fourth-order valence-corrected chi connectivity index (χ4v) is 2.79. The quantitative estimate of drug-likeness (QED) is 0.444. The van der Waals surface area contributed by atoms with Gasteiger partial charge in [-0.3, -0.25) is 9.69 Å². The maximum absolute atomic E-state index is 11.9. The molecule has 1 fully saturated rings. The maximum Gasteiger partial charge on any atom is 0.242 e. The molecule has 0 aromatic heterocycles. The Morgan fingerprint density at radius 1 is 1.33 bits per heavy atom. The van der Waals surface area contributed by atoms with E-state index in [9.17, 15) is 4.79 Å². The van der Waals surface area contributed by atoms with Crippen molar-refractivity contribution in [1.29, 1.82) is 0 Å². The lowest BCUT2D eigenvalue weighted by molar-refractivity contribution is -0.121. The number of hydrogen-bond acceptors (Lipinski definition) is 4. The molecule has 1 aliphatic heterocycles. The highest BCUT2D eigenvalue weighted by molar-refractivity contribution is 5.85. The van der Waals surface area contributed by atoms with Crippen LogP contribution in [0.25, 0.3) is 0 Å². The molecule has 1 atom stereocenters. The lowest BCUT2D eigenvalue weighted by Crippen LogP contribution is -2.46. The van der Waals surface area contributed by atoms with Gasteiger partial charge in [-0.2, -0.15) is 0 Å². The molecule has 0 aromatic rings. The first-order valence-corrected chi connectivity index (χ1v) is 8.92. The number of aliphatic imine (C=N–C) groups is 1. The number of likely N-dealkylation sites (tertiary alicyclic amines) is 1. The van der Waals surface area contributed by atoms with E-state index in [1.54, 1.807) is 7.11 Å². The van der Waals surface area contributed by atoms with Gasteiger partial charge in [0.25, 0.3) is 0 Å². The maximum atomic E-state index is 11.9. The zero-order valence-corrected chi connectivity index (χ0v) is 15.9. The molecule has 1 saturated heterocycles. The number of carbonyl (C=O) groups excluding carboxylic acids is 1. The Morgan fingerprint density at radius 3 is 2.71 bits per heavy atom. The summed E-state index contributed by atoms with van der Waals surface area (Å²) in [5, 5.41) is 9.48. The van der Waals surface area contributed by atoms with Crippen molar-refractivity contribution >= 4 is 11.9 Å². The molecule has 0 aromatic carbocycles. The molecule has 0 radical (unpaired) electrons. The van der Waals surface area contributed by atoms with E-state index < -0.39 is 0 Å². The summed E-state index contributed by atoms with van der Waals surface area (Å²) in [4.78, 5) is 18.7. The number of nitrogens with zero attached hydrogens (tertiary/aromatic N) is 2. The predicted octanol–water partition coefficient (Wildman–Crippen LogP) is 0.567. The first-order valence-electron chi connectivity index (χ1n) is 8.92. The topological polar surface area (TPSA) is 78.0 Å². The molecule has 1 heterocycles. The number of guanidine groups is 1. The SMILES string of the molecule is CCNC(=NCC(=O)NC(C)(C)C)NCC1CCCN1CCOC. The molecule has 1 rings (SSSR count). The van der Waals surface area contributed by atoms with Crippen molar-refractivity contribution in [3.8, 4) is 0 Å². The highest BCUT2D eigenvalue weighted by Gasteiger charge is 2.24. The Labute approximate surface area is 146 Å². The first-order chi connectivity index (χ1) is 11.4. The number of carbonyl (C=O) groups is 1. The van der Waals surface area contributed by atoms with Crippen molar-refractivity contribution in [1.82, 2.24) is 20.9 Å². The van der Waals surface area contributed by atoms with E-state index in [4.69, 9.17) is 4.74 Å². The summed E-state index contributed by atoms with van der Waals surface area (Å²) < 4.78 is 5.18. The summed E-state index contributed by atoms with van der Waals surface area (Å²) in [7, 11) is 1.74. The average molecular weight is 342 g/mol. The van der Waals surface area contributed by atoms with Crippen LogP contribution >= 0.6 is 0 Å². The van der Waals surface area contributed by atoms with Crippen LogP contribution in [0, 0.1) is 0 Å². The summed E-state index contributed by atoms with van der Waals surface area (Å²) in [5.74, 6) is 0.627. The van der Waals surface area contributed by atoms with Gasteiger partial charge in [0.2, 0.25) is 5.91 Å². The first kappa shape index (κ1) is 20.7. The summed E-state index contributed by atoms with van der Waals surface area (Å²) >= 11 is 0. The van der Waals surface area contributed by atoms with Gasteiger partial charge in [0.15, 0.2) is 5.96 Å². The van der Waals surface area contributed by atoms with Gasteiger partial charge in [0, 0.05) is 38.3 Å². The minimum absolute atomic E-state index is 0.0673. The lowest BCUT2D eigenvalue weighted by atomic mass is 10.1. The molecule has 0 spiro atoms. The normalized spacial score (nSPS) is 19.4. The highest BCUT2D eigenvalue weighted by atomic mass is 16.5. The van der Waals surface area contributed by atoms with Crippen LogP contribution in [0.1, 0.15) is 40.5 Å². The van der Waals surface area contributed by atoms with Crippen LogP contribution in [0.15, 0.2) is 4.99 Å². The van der Waals surface area contributed by atoms with Gasteiger partial charge in [0.05, 0.1) is 6.61 Å². The minimum atomic E-state index is -0.232. The molecule has 0 aliphatic carbocycles. The highest BCUT2D eigenvalue weighted by Crippen LogP contribution is 2.15. The molecule has 1 unspecified atom stereocenters. The Morgan fingerprint density at radius 2 is 2.08 bits per heavy atom. The monoisotopic (exact) mass is 341 g/mol. The number of amides is 1. The van der Waals surface area contributed by atoms with Crippen molar-refractivity contribution in [3.63, 3.8) is 0 Å². The standard InChI is InChI=1S/C17H35N5O2/c1-6-18-16(20-13-15(23)21-17(2,3)4)19-12-14-8-7-9-22(14)10-11-24-5/h14H,6-13H2,1-5H3,(H,21,23)(H2,18,19,20). The Kier molecular flexibility index (Phi) is 9.07. The van der Waals surface area contributed by atoms with Gasteiger partial charge in [-0.15, -0.1) is 0 Å². The van der Waals surface area contributed by atoms with Crippen molar-refractivity contribution in [2.75, 3.05) is 46.4 Å². The largest absolute Gasteiger partial charge is 0.383 e. The van der Waals surface area contributed by atoms with Crippen LogP contribution in [-0.2, 0) is 9.53 Å². The van der Waals surface area contributed by atoms with Crippen molar-refractivity contribution in [2.45, 2.75) is 52.1 Å². The molecule has 0 bridgehead atoms. The third-order valence-corrected chi connectivity index (χ3v) is 3.83.